The van der Waals surface area contributed by atoms with Crippen LogP contribution in [0.5, 0.6) is 5.75 Å². The molecule has 1 aromatic carbocycles. The van der Waals surface area contributed by atoms with Gasteiger partial charge in [0.1, 0.15) is 0 Å². The summed E-state index contributed by atoms with van der Waals surface area (Å²) in [6.07, 6.45) is 0. The van der Waals surface area contributed by atoms with E-state index < -0.39 is 10.7 Å². The Balaban J connectivity index is 0.00000121. The van der Waals surface area contributed by atoms with E-state index in [0.29, 0.717) is 0 Å². The van der Waals surface area contributed by atoms with Gasteiger partial charge in [0.15, 0.2) is 0 Å². The molecule has 6 heteroatoms. The van der Waals surface area contributed by atoms with Gasteiger partial charge in [-0.3, -0.25) is 10.1 Å². The number of nitro benzene ring substituents is 1. The molecule has 0 amide bonds. The van der Waals surface area contributed by atoms with Gasteiger partial charge in [0, 0.05) is 57.5 Å². The average molecular weight is 193 g/mol. The van der Waals surface area contributed by atoms with Gasteiger partial charge < -0.3 is 10.8 Å². The van der Waals surface area contributed by atoms with Crippen LogP contribution in [-0.4, -0.2) is 61.4 Å². The minimum atomic E-state index is -0.689. The van der Waals surface area contributed by atoms with Crippen LogP contribution in [0, 0.1) is 10.1 Å². The fraction of sp³-hybridized carbons (Fsp3) is 0. The molecule has 1 aromatic rings. The zero-order valence-electron chi connectivity index (χ0n) is 6.52. The molecule has 0 bridgehead atoms. The second-order valence-electron chi connectivity index (χ2n) is 1.97. The molecule has 5 nitrogen and oxygen atoms in total. The van der Waals surface area contributed by atoms with Crippen LogP contribution in [0.2, 0.25) is 0 Å². The molecule has 1 rings (SSSR count). The Morgan fingerprint density at radius 1 is 1.50 bits per heavy atom. The summed E-state index contributed by atoms with van der Waals surface area (Å²) in [5.41, 5.74) is 4.85. The second-order valence-corrected chi connectivity index (χ2v) is 1.97. The molecule has 0 heterocycles. The van der Waals surface area contributed by atoms with Gasteiger partial charge in [0.2, 0.25) is 5.75 Å². The maximum absolute atomic E-state index is 10.2. The number of phenols is 1. The van der Waals surface area contributed by atoms with E-state index in [2.05, 4.69) is 0 Å². The summed E-state index contributed by atoms with van der Waals surface area (Å²) in [6, 6.07) is 3.99. The number of benzene rings is 1. The van der Waals surface area contributed by atoms with Crippen molar-refractivity contribution in [3.63, 3.8) is 0 Å². The predicted molar refractivity (Wildman–Crippen MR) is 44.9 cm³/mol. The van der Waals surface area contributed by atoms with E-state index in [1.54, 1.807) is 0 Å². The number of nitrogens with two attached hydrogens (primary N) is 1. The first-order valence-electron chi connectivity index (χ1n) is 2.85. The van der Waals surface area contributed by atoms with Crippen LogP contribution in [0.1, 0.15) is 0 Å². The Kier molecular flexibility index (Phi) is 4.72. The number of phenolic OH excluding ortho intramolecular Hbond substituents is 1. The number of aromatic hydroxyl groups is 1. The number of nitrogen functional groups attached to an aromatic ring is 1. The van der Waals surface area contributed by atoms with Gasteiger partial charge in [-0.1, -0.05) is 6.07 Å². The molecule has 0 aliphatic carbocycles. The molecule has 0 atom stereocenters. The van der Waals surface area contributed by atoms with Crippen LogP contribution < -0.4 is 5.73 Å². The van der Waals surface area contributed by atoms with Crippen molar-refractivity contribution in [2.24, 2.45) is 0 Å². The summed E-state index contributed by atoms with van der Waals surface area (Å²) in [5.74, 6) is -0.475. The third kappa shape index (κ3) is 2.42. The number of rotatable bonds is 1. The predicted octanol–water partition coefficient (Wildman–Crippen LogP) is 0.502. The average Bonchev–Trinajstić information content (AvgIpc) is 1.94. The maximum Gasteiger partial charge on any atom is 0.312 e. The van der Waals surface area contributed by atoms with Gasteiger partial charge in [-0.25, -0.2) is 0 Å². The van der Waals surface area contributed by atoms with Crippen molar-refractivity contribution in [2.75, 3.05) is 5.73 Å². The Labute approximate surface area is 111 Å². The van der Waals surface area contributed by atoms with Crippen molar-refractivity contribution in [3.05, 3.63) is 28.3 Å². The van der Waals surface area contributed by atoms with E-state index in [1.165, 1.54) is 18.2 Å². The van der Waals surface area contributed by atoms with Crippen molar-refractivity contribution >= 4 is 62.8 Å². The Morgan fingerprint density at radius 2 is 2.08 bits per heavy atom. The molecule has 0 spiro atoms. The summed E-state index contributed by atoms with van der Waals surface area (Å²) >= 11 is 0. The molecule has 1 radical (unpaired) electrons. The SMILES string of the molecule is Nc1cccc([N+](=O)[O-])c1O.[K]. The zero-order chi connectivity index (χ0) is 8.43. The largest absolute Gasteiger partial charge is 0.501 e. The molecule has 0 aliphatic heterocycles. The van der Waals surface area contributed by atoms with Crippen LogP contribution in [0.4, 0.5) is 11.4 Å². The summed E-state index contributed by atoms with van der Waals surface area (Å²) in [5, 5.41) is 19.2. The summed E-state index contributed by atoms with van der Waals surface area (Å²) < 4.78 is 0. The monoisotopic (exact) mass is 193 g/mol. The molecule has 12 heavy (non-hydrogen) atoms. The molecule has 59 valence electrons. The molecule has 3 N–H and O–H groups in total. The van der Waals surface area contributed by atoms with Crippen molar-refractivity contribution in [1.29, 1.82) is 0 Å². The Morgan fingerprint density at radius 3 is 2.50 bits per heavy atom. The van der Waals surface area contributed by atoms with E-state index >= 15 is 0 Å². The van der Waals surface area contributed by atoms with Gasteiger partial charge in [0.25, 0.3) is 0 Å². The fourth-order valence-electron chi connectivity index (χ4n) is 0.696. The third-order valence-electron chi connectivity index (χ3n) is 1.24. The Bertz CT molecular complexity index is 303. The van der Waals surface area contributed by atoms with E-state index in [0.717, 1.165) is 0 Å². The molecule has 0 aliphatic rings. The quantitative estimate of drug-likeness (QED) is 0.223. The number of anilines is 1. The second kappa shape index (κ2) is 4.78. The molecule has 0 saturated heterocycles. The number of para-hydroxylation sites is 1. The van der Waals surface area contributed by atoms with Gasteiger partial charge in [-0.15, -0.1) is 0 Å². The molecule has 0 fully saturated rings. The van der Waals surface area contributed by atoms with Crippen LogP contribution in [0.15, 0.2) is 18.2 Å². The van der Waals surface area contributed by atoms with Crippen LogP contribution in [-0.2, 0) is 0 Å². The number of hydrogen-bond acceptors (Lipinski definition) is 4. The van der Waals surface area contributed by atoms with Crippen molar-refractivity contribution in [1.82, 2.24) is 0 Å². The first-order chi connectivity index (χ1) is 5.13. The maximum atomic E-state index is 10.2. The van der Waals surface area contributed by atoms with Crippen molar-refractivity contribution < 1.29 is 10.0 Å². The number of nitro groups is 1. The Hall–Kier alpha value is -0.144. The van der Waals surface area contributed by atoms with Gasteiger partial charge in [0.05, 0.1) is 10.6 Å². The summed E-state index contributed by atoms with van der Waals surface area (Å²) in [6.45, 7) is 0. The first-order valence-corrected chi connectivity index (χ1v) is 2.85. The van der Waals surface area contributed by atoms with Crippen LogP contribution in [0.25, 0.3) is 0 Å². The van der Waals surface area contributed by atoms with E-state index in [1.807, 2.05) is 0 Å². The standard InChI is InChI=1S/C6H6N2O3.K/c7-4-2-1-3-5(6(4)9)8(10)11;/h1-3,9H,7H2;. The summed E-state index contributed by atoms with van der Waals surface area (Å²) in [4.78, 5) is 9.48. The molecule has 0 saturated carbocycles. The molecular weight excluding hydrogens is 187 g/mol. The van der Waals surface area contributed by atoms with Crippen LogP contribution >= 0.6 is 0 Å². The smallest absolute Gasteiger partial charge is 0.312 e. The topological polar surface area (TPSA) is 89.4 Å². The fourth-order valence-corrected chi connectivity index (χ4v) is 0.696. The van der Waals surface area contributed by atoms with E-state index in [-0.39, 0.29) is 62.8 Å². The van der Waals surface area contributed by atoms with E-state index in [9.17, 15) is 10.1 Å². The number of hydrogen-bond donors (Lipinski definition) is 2. The minimum absolute atomic E-state index is 0. The van der Waals surface area contributed by atoms with Crippen LogP contribution in [0.3, 0.4) is 0 Å². The first kappa shape index (κ1) is 11.9. The number of nitrogens with zero attached hydrogens (tertiary/aromatic N) is 1. The van der Waals surface area contributed by atoms with Crippen molar-refractivity contribution in [3.8, 4) is 5.75 Å². The van der Waals surface area contributed by atoms with Gasteiger partial charge in [-0.2, -0.15) is 0 Å². The zero-order valence-corrected chi connectivity index (χ0v) is 9.64. The minimum Gasteiger partial charge on any atom is -0.501 e. The normalized spacial score (nSPS) is 8.67. The summed E-state index contributed by atoms with van der Waals surface area (Å²) in [7, 11) is 0. The van der Waals surface area contributed by atoms with Crippen molar-refractivity contribution in [2.45, 2.75) is 0 Å². The van der Waals surface area contributed by atoms with Gasteiger partial charge >= 0.3 is 5.69 Å². The molecular formula is C6H6KN2O3. The van der Waals surface area contributed by atoms with E-state index in [4.69, 9.17) is 10.8 Å². The third-order valence-corrected chi connectivity index (χ3v) is 1.24. The van der Waals surface area contributed by atoms with Gasteiger partial charge in [-0.05, 0) is 6.07 Å². The molecule has 0 aromatic heterocycles. The molecule has 0 unspecified atom stereocenters.